The highest BCUT2D eigenvalue weighted by Gasteiger charge is 2.17. The number of nitrogens with zero attached hydrogens (tertiary/aromatic N) is 1. The number of carbonyl (C=O) groups excluding carboxylic acids is 2. The van der Waals surface area contributed by atoms with Gasteiger partial charge in [0.15, 0.2) is 0 Å². The summed E-state index contributed by atoms with van der Waals surface area (Å²) in [7, 11) is 0. The molecule has 30 heavy (non-hydrogen) atoms. The minimum Gasteiger partial charge on any atom is -0.384 e. The number of carbonyl (C=O) groups is 2. The number of hydrogen-bond acceptors (Lipinski definition) is 4. The van der Waals surface area contributed by atoms with Crippen LogP contribution in [0.1, 0.15) is 28.5 Å². The van der Waals surface area contributed by atoms with Gasteiger partial charge in [-0.05, 0) is 35.7 Å². The molecule has 0 radical (unpaired) electrons. The van der Waals surface area contributed by atoms with Crippen molar-refractivity contribution < 1.29 is 9.59 Å². The van der Waals surface area contributed by atoms with E-state index in [1.165, 1.54) is 0 Å². The highest BCUT2D eigenvalue weighted by Crippen LogP contribution is 2.18. The van der Waals surface area contributed by atoms with Gasteiger partial charge >= 0.3 is 0 Å². The maximum atomic E-state index is 12.5. The first-order valence-corrected chi connectivity index (χ1v) is 9.47. The fourth-order valence-corrected chi connectivity index (χ4v) is 2.85. The fourth-order valence-electron chi connectivity index (χ4n) is 2.85. The molecule has 1 atom stereocenters. The van der Waals surface area contributed by atoms with Gasteiger partial charge in [-0.1, -0.05) is 54.6 Å². The Labute approximate surface area is 174 Å². The lowest BCUT2D eigenvalue weighted by molar-refractivity contribution is -0.122. The lowest BCUT2D eigenvalue weighted by Crippen LogP contribution is -2.44. The summed E-state index contributed by atoms with van der Waals surface area (Å²) in [6, 6.07) is 19.5. The summed E-state index contributed by atoms with van der Waals surface area (Å²) in [5.41, 5.74) is 9.02. The second kappa shape index (κ2) is 9.47. The van der Waals surface area contributed by atoms with Crippen molar-refractivity contribution in [3.05, 3.63) is 89.7 Å². The number of benzene rings is 2. The standard InChI is InChI=1S/C23H23N5O2/c1-15(22(29)27-14-16-7-9-18(10-8-16)21(24)25)28-23(30)20-13-19(11-12-26-20)17-5-3-2-4-6-17/h2-13,15H,14H2,1H3,(H3,24,25)(H,27,29)(H,28,30)/t15-/m0/s1. The van der Waals surface area contributed by atoms with Crippen molar-refractivity contribution in [2.75, 3.05) is 0 Å². The van der Waals surface area contributed by atoms with Crippen LogP contribution >= 0.6 is 0 Å². The van der Waals surface area contributed by atoms with Gasteiger partial charge < -0.3 is 16.4 Å². The second-order valence-electron chi connectivity index (χ2n) is 6.82. The molecule has 0 aliphatic carbocycles. The van der Waals surface area contributed by atoms with E-state index in [0.717, 1.165) is 16.7 Å². The van der Waals surface area contributed by atoms with E-state index < -0.39 is 11.9 Å². The largest absolute Gasteiger partial charge is 0.384 e. The third kappa shape index (κ3) is 5.29. The molecule has 5 N–H and O–H groups in total. The molecule has 0 saturated heterocycles. The summed E-state index contributed by atoms with van der Waals surface area (Å²) < 4.78 is 0. The molecular formula is C23H23N5O2. The summed E-state index contributed by atoms with van der Waals surface area (Å²) in [5.74, 6) is -0.730. The summed E-state index contributed by atoms with van der Waals surface area (Å²) in [6.45, 7) is 1.92. The van der Waals surface area contributed by atoms with Crippen LogP contribution in [0.5, 0.6) is 0 Å². The Morgan fingerprint density at radius 3 is 2.40 bits per heavy atom. The van der Waals surface area contributed by atoms with Crippen LogP contribution in [0.4, 0.5) is 0 Å². The van der Waals surface area contributed by atoms with Crippen LogP contribution in [-0.4, -0.2) is 28.7 Å². The first-order valence-electron chi connectivity index (χ1n) is 9.47. The zero-order valence-electron chi connectivity index (χ0n) is 16.6. The van der Waals surface area contributed by atoms with Crippen molar-refractivity contribution in [3.63, 3.8) is 0 Å². The smallest absolute Gasteiger partial charge is 0.270 e. The molecule has 152 valence electrons. The quantitative estimate of drug-likeness (QED) is 0.359. The molecule has 7 nitrogen and oxygen atoms in total. The Bertz CT molecular complexity index is 1050. The summed E-state index contributed by atoms with van der Waals surface area (Å²) in [4.78, 5) is 29.0. The summed E-state index contributed by atoms with van der Waals surface area (Å²) in [5, 5.41) is 12.9. The van der Waals surface area contributed by atoms with Gasteiger partial charge in [-0.2, -0.15) is 0 Å². The molecule has 2 amide bonds. The zero-order valence-corrected chi connectivity index (χ0v) is 16.6. The lowest BCUT2D eigenvalue weighted by Gasteiger charge is -2.14. The maximum absolute atomic E-state index is 12.5. The number of amides is 2. The van der Waals surface area contributed by atoms with Gasteiger partial charge in [0.2, 0.25) is 5.91 Å². The van der Waals surface area contributed by atoms with Crippen molar-refractivity contribution in [1.29, 1.82) is 5.41 Å². The second-order valence-corrected chi connectivity index (χ2v) is 6.82. The third-order valence-corrected chi connectivity index (χ3v) is 4.57. The predicted molar refractivity (Wildman–Crippen MR) is 116 cm³/mol. The van der Waals surface area contributed by atoms with E-state index >= 15 is 0 Å². The average molecular weight is 401 g/mol. The monoisotopic (exact) mass is 401 g/mol. The van der Waals surface area contributed by atoms with E-state index in [0.29, 0.717) is 12.1 Å². The van der Waals surface area contributed by atoms with Gasteiger partial charge in [0.05, 0.1) is 0 Å². The number of nitrogen functional groups attached to an aromatic ring is 1. The summed E-state index contributed by atoms with van der Waals surface area (Å²) in [6.07, 6.45) is 1.58. The third-order valence-electron chi connectivity index (χ3n) is 4.57. The van der Waals surface area contributed by atoms with Crippen LogP contribution in [0.15, 0.2) is 72.9 Å². The Morgan fingerprint density at radius 2 is 1.73 bits per heavy atom. The molecule has 2 aromatic carbocycles. The van der Waals surface area contributed by atoms with Gasteiger partial charge in [-0.3, -0.25) is 20.0 Å². The van der Waals surface area contributed by atoms with E-state index in [2.05, 4.69) is 15.6 Å². The Kier molecular flexibility index (Phi) is 6.54. The van der Waals surface area contributed by atoms with Gasteiger partial charge in [0.25, 0.3) is 5.91 Å². The maximum Gasteiger partial charge on any atom is 0.270 e. The van der Waals surface area contributed by atoms with Crippen LogP contribution < -0.4 is 16.4 Å². The highest BCUT2D eigenvalue weighted by molar-refractivity contribution is 5.97. The zero-order chi connectivity index (χ0) is 21.5. The average Bonchev–Trinajstić information content (AvgIpc) is 2.78. The molecule has 1 aromatic heterocycles. The number of hydrogen-bond donors (Lipinski definition) is 4. The molecule has 7 heteroatoms. The topological polar surface area (TPSA) is 121 Å². The van der Waals surface area contributed by atoms with Crippen LogP contribution in [0.25, 0.3) is 11.1 Å². The first-order chi connectivity index (χ1) is 14.4. The van der Waals surface area contributed by atoms with E-state index in [1.807, 2.05) is 36.4 Å². The van der Waals surface area contributed by atoms with Crippen molar-refractivity contribution in [1.82, 2.24) is 15.6 Å². The van der Waals surface area contributed by atoms with E-state index in [-0.39, 0.29) is 17.4 Å². The minimum atomic E-state index is -0.726. The molecule has 0 fully saturated rings. The molecular weight excluding hydrogens is 378 g/mol. The number of rotatable bonds is 7. The fraction of sp³-hybridized carbons (Fsp3) is 0.130. The van der Waals surface area contributed by atoms with Gasteiger partial charge in [0.1, 0.15) is 17.6 Å². The minimum absolute atomic E-state index is 0.00753. The Morgan fingerprint density at radius 1 is 1.03 bits per heavy atom. The number of nitrogens with one attached hydrogen (secondary N) is 3. The SMILES string of the molecule is C[C@H](NC(=O)c1cc(-c2ccccc2)ccn1)C(=O)NCc1ccc(C(=N)N)cc1. The van der Waals surface area contributed by atoms with Crippen molar-refractivity contribution in [2.45, 2.75) is 19.5 Å². The van der Waals surface area contributed by atoms with Gasteiger partial charge in [-0.15, -0.1) is 0 Å². The number of aromatic nitrogens is 1. The van der Waals surface area contributed by atoms with Crippen molar-refractivity contribution >= 4 is 17.6 Å². The van der Waals surface area contributed by atoms with Crippen molar-refractivity contribution in [3.8, 4) is 11.1 Å². The lowest BCUT2D eigenvalue weighted by atomic mass is 10.1. The molecule has 0 bridgehead atoms. The first kappa shape index (κ1) is 20.7. The van der Waals surface area contributed by atoms with Crippen LogP contribution in [0, 0.1) is 5.41 Å². The van der Waals surface area contributed by atoms with Gasteiger partial charge in [0, 0.05) is 18.3 Å². The summed E-state index contributed by atoms with van der Waals surface area (Å²) >= 11 is 0. The number of amidine groups is 1. The van der Waals surface area contributed by atoms with E-state index in [4.69, 9.17) is 11.1 Å². The Balaban J connectivity index is 1.57. The molecule has 0 saturated carbocycles. The van der Waals surface area contributed by atoms with E-state index in [1.54, 1.807) is 43.5 Å². The van der Waals surface area contributed by atoms with Crippen LogP contribution in [0.3, 0.4) is 0 Å². The molecule has 0 aliphatic rings. The van der Waals surface area contributed by atoms with Crippen molar-refractivity contribution in [2.24, 2.45) is 5.73 Å². The highest BCUT2D eigenvalue weighted by atomic mass is 16.2. The van der Waals surface area contributed by atoms with E-state index in [9.17, 15) is 9.59 Å². The molecule has 0 aliphatic heterocycles. The molecule has 0 spiro atoms. The molecule has 0 unspecified atom stereocenters. The molecule has 1 heterocycles. The number of pyridine rings is 1. The Hall–Kier alpha value is -4.00. The number of nitrogens with two attached hydrogens (primary N) is 1. The normalized spacial score (nSPS) is 11.4. The predicted octanol–water partition coefficient (Wildman–Crippen LogP) is 2.47. The molecule has 3 aromatic rings. The van der Waals surface area contributed by atoms with Crippen LogP contribution in [0.2, 0.25) is 0 Å². The van der Waals surface area contributed by atoms with Crippen LogP contribution in [-0.2, 0) is 11.3 Å². The van der Waals surface area contributed by atoms with Gasteiger partial charge in [-0.25, -0.2) is 0 Å². The molecule has 3 rings (SSSR count).